The van der Waals surface area contributed by atoms with Gasteiger partial charge in [0.15, 0.2) is 0 Å². The van der Waals surface area contributed by atoms with E-state index in [2.05, 4.69) is 37.5 Å². The fraction of sp³-hybridized carbons (Fsp3) is 0.727. The summed E-state index contributed by atoms with van der Waals surface area (Å²) in [5.74, 6) is 2.72. The minimum Gasteiger partial charge on any atom is -0.497 e. The van der Waals surface area contributed by atoms with E-state index in [1.54, 1.807) is 14.2 Å². The van der Waals surface area contributed by atoms with E-state index in [-0.39, 0.29) is 0 Å². The second-order valence-corrected chi connectivity index (χ2v) is 8.79. The largest absolute Gasteiger partial charge is 0.497 e. The van der Waals surface area contributed by atoms with Crippen molar-refractivity contribution < 1.29 is 9.47 Å². The number of ether oxygens (including phenoxy) is 2. The molecule has 2 aliphatic rings. The first-order valence-electron chi connectivity index (χ1n) is 10.1. The molecule has 3 atom stereocenters. The lowest BCUT2D eigenvalue weighted by Crippen LogP contribution is -2.46. The maximum absolute atomic E-state index is 5.45. The summed E-state index contributed by atoms with van der Waals surface area (Å²) in [7, 11) is 3.42. The Morgan fingerprint density at radius 3 is 2.50 bits per heavy atom. The average molecular weight is 361 g/mol. The molecule has 26 heavy (non-hydrogen) atoms. The van der Waals surface area contributed by atoms with E-state index < -0.39 is 0 Å². The number of methoxy groups -OCH3 is 2. The Balaban J connectivity index is 1.40. The van der Waals surface area contributed by atoms with E-state index in [1.165, 1.54) is 24.8 Å². The Bertz CT molecular complexity index is 616. The summed E-state index contributed by atoms with van der Waals surface area (Å²) >= 11 is 0. The number of fused-ring (bicyclic) bond motifs is 2. The molecule has 2 N–H and O–H groups in total. The van der Waals surface area contributed by atoms with Gasteiger partial charge in [0.25, 0.3) is 0 Å². The Kier molecular flexibility index (Phi) is 5.83. The number of benzene rings is 1. The van der Waals surface area contributed by atoms with E-state index >= 15 is 0 Å². The van der Waals surface area contributed by atoms with Gasteiger partial charge < -0.3 is 20.1 Å². The van der Waals surface area contributed by atoms with Gasteiger partial charge in [-0.25, -0.2) is 0 Å². The normalized spacial score (nSPS) is 29.1. The molecule has 0 aromatic heterocycles. The highest BCUT2D eigenvalue weighted by atomic mass is 16.5. The lowest BCUT2D eigenvalue weighted by molar-refractivity contribution is 0.121. The molecule has 2 fully saturated rings. The summed E-state index contributed by atoms with van der Waals surface area (Å²) in [6.07, 6.45) is 5.09. The third kappa shape index (κ3) is 3.46. The fourth-order valence-electron chi connectivity index (χ4n) is 5.27. The van der Waals surface area contributed by atoms with Crippen LogP contribution in [0.25, 0.3) is 0 Å². The van der Waals surface area contributed by atoms with Gasteiger partial charge in [-0.1, -0.05) is 20.8 Å². The molecule has 2 saturated carbocycles. The maximum Gasteiger partial charge on any atom is 0.122 e. The molecule has 4 nitrogen and oxygen atoms in total. The van der Waals surface area contributed by atoms with Gasteiger partial charge in [-0.15, -0.1) is 0 Å². The van der Waals surface area contributed by atoms with Crippen LogP contribution in [-0.2, 0) is 6.42 Å². The second kappa shape index (κ2) is 7.77. The number of rotatable bonds is 9. The highest BCUT2D eigenvalue weighted by Gasteiger charge is 2.60. The number of hydrogen-bond donors (Lipinski definition) is 2. The molecule has 0 spiro atoms. The van der Waals surface area contributed by atoms with Crippen LogP contribution in [0.4, 0.5) is 0 Å². The summed E-state index contributed by atoms with van der Waals surface area (Å²) in [5, 5.41) is 7.41. The predicted octanol–water partition coefficient (Wildman–Crippen LogP) is 3.64. The van der Waals surface area contributed by atoms with Crippen LogP contribution < -0.4 is 20.1 Å². The van der Waals surface area contributed by atoms with Gasteiger partial charge in [0.2, 0.25) is 0 Å². The van der Waals surface area contributed by atoms with Crippen LogP contribution in [0.15, 0.2) is 18.2 Å². The van der Waals surface area contributed by atoms with Gasteiger partial charge in [0.05, 0.1) is 14.2 Å². The second-order valence-electron chi connectivity index (χ2n) is 8.79. The summed E-state index contributed by atoms with van der Waals surface area (Å²) in [6, 6.07) is 6.66. The molecular weight excluding hydrogens is 324 g/mol. The van der Waals surface area contributed by atoms with Crippen molar-refractivity contribution in [2.24, 2.45) is 16.7 Å². The molecule has 0 amide bonds. The fourth-order valence-corrected chi connectivity index (χ4v) is 5.27. The molecule has 1 aromatic carbocycles. The molecule has 0 radical (unpaired) electrons. The molecule has 1 aromatic rings. The molecule has 0 heterocycles. The van der Waals surface area contributed by atoms with E-state index in [1.807, 2.05) is 12.1 Å². The monoisotopic (exact) mass is 360 g/mol. The Hall–Kier alpha value is -1.26. The number of hydrogen-bond acceptors (Lipinski definition) is 4. The maximum atomic E-state index is 5.45. The summed E-state index contributed by atoms with van der Waals surface area (Å²) in [4.78, 5) is 0. The molecular formula is C22H36N2O2. The van der Waals surface area contributed by atoms with Crippen molar-refractivity contribution in [1.29, 1.82) is 0 Å². The first-order chi connectivity index (χ1) is 12.4. The van der Waals surface area contributed by atoms with E-state index in [9.17, 15) is 0 Å². The van der Waals surface area contributed by atoms with Gasteiger partial charge in [0.1, 0.15) is 11.5 Å². The van der Waals surface area contributed by atoms with Crippen molar-refractivity contribution in [3.8, 4) is 11.5 Å². The average Bonchev–Trinajstić information content (AvgIpc) is 2.97. The Morgan fingerprint density at radius 1 is 1.08 bits per heavy atom. The van der Waals surface area contributed by atoms with Crippen LogP contribution in [0.5, 0.6) is 11.5 Å². The van der Waals surface area contributed by atoms with Crippen LogP contribution in [0.1, 0.15) is 45.6 Å². The molecule has 2 unspecified atom stereocenters. The standard InChI is InChI=1S/C22H36N2O2/c1-21(2)17-8-10-22(21,3)20(15-17)24-13-12-23-11-9-16-14-18(25-4)6-7-19(16)26-5/h6-7,14,17,20,23-24H,8-13,15H2,1-5H3/t17?,20-,22?/m1/s1. The molecule has 2 bridgehead atoms. The van der Waals surface area contributed by atoms with Crippen LogP contribution >= 0.6 is 0 Å². The van der Waals surface area contributed by atoms with Crippen LogP contribution in [0.3, 0.4) is 0 Å². The van der Waals surface area contributed by atoms with Gasteiger partial charge >= 0.3 is 0 Å². The highest BCUT2D eigenvalue weighted by Crippen LogP contribution is 2.65. The lowest BCUT2D eigenvalue weighted by Gasteiger charge is -2.39. The summed E-state index contributed by atoms with van der Waals surface area (Å²) in [6.45, 7) is 10.4. The molecule has 146 valence electrons. The first kappa shape index (κ1) is 19.5. The van der Waals surface area contributed by atoms with E-state index in [0.29, 0.717) is 16.9 Å². The van der Waals surface area contributed by atoms with E-state index in [0.717, 1.165) is 43.5 Å². The zero-order valence-corrected chi connectivity index (χ0v) is 17.2. The van der Waals surface area contributed by atoms with Gasteiger partial charge in [-0.2, -0.15) is 0 Å². The SMILES string of the molecule is COc1ccc(OC)c(CCNCCN[C@@H]2CC3CCC2(C)C3(C)C)c1. The van der Waals surface area contributed by atoms with Crippen molar-refractivity contribution in [3.05, 3.63) is 23.8 Å². The quantitative estimate of drug-likeness (QED) is 0.660. The van der Waals surface area contributed by atoms with Crippen LogP contribution in [0, 0.1) is 16.7 Å². The smallest absolute Gasteiger partial charge is 0.122 e. The molecule has 4 heteroatoms. The highest BCUT2D eigenvalue weighted by molar-refractivity contribution is 5.40. The van der Waals surface area contributed by atoms with Crippen LogP contribution in [-0.4, -0.2) is 39.9 Å². The third-order valence-electron chi connectivity index (χ3n) is 7.55. The summed E-state index contributed by atoms with van der Waals surface area (Å²) in [5.41, 5.74) is 2.14. The molecule has 0 aliphatic heterocycles. The van der Waals surface area contributed by atoms with Crippen molar-refractivity contribution >= 4 is 0 Å². The lowest BCUT2D eigenvalue weighted by atomic mass is 9.69. The number of nitrogens with one attached hydrogen (secondary N) is 2. The van der Waals surface area contributed by atoms with Gasteiger partial charge in [-0.3, -0.25) is 0 Å². The predicted molar refractivity (Wildman–Crippen MR) is 107 cm³/mol. The molecule has 0 saturated heterocycles. The van der Waals surface area contributed by atoms with Gasteiger partial charge in [0, 0.05) is 19.1 Å². The zero-order valence-electron chi connectivity index (χ0n) is 17.2. The van der Waals surface area contributed by atoms with Crippen LogP contribution in [0.2, 0.25) is 0 Å². The minimum absolute atomic E-state index is 0.464. The molecule has 3 rings (SSSR count). The van der Waals surface area contributed by atoms with Crippen molar-refractivity contribution in [2.45, 2.75) is 52.5 Å². The topological polar surface area (TPSA) is 42.5 Å². The van der Waals surface area contributed by atoms with Crippen molar-refractivity contribution in [3.63, 3.8) is 0 Å². The Morgan fingerprint density at radius 2 is 1.88 bits per heavy atom. The van der Waals surface area contributed by atoms with Crippen molar-refractivity contribution in [1.82, 2.24) is 10.6 Å². The minimum atomic E-state index is 0.464. The zero-order chi connectivity index (χ0) is 18.8. The Labute approximate surface area is 159 Å². The first-order valence-corrected chi connectivity index (χ1v) is 10.1. The third-order valence-corrected chi connectivity index (χ3v) is 7.55. The van der Waals surface area contributed by atoms with E-state index in [4.69, 9.17) is 9.47 Å². The summed E-state index contributed by atoms with van der Waals surface area (Å²) < 4.78 is 10.8. The van der Waals surface area contributed by atoms with Gasteiger partial charge in [-0.05, 0) is 72.7 Å². The molecule has 2 aliphatic carbocycles. The van der Waals surface area contributed by atoms with Crippen molar-refractivity contribution in [2.75, 3.05) is 33.9 Å².